The van der Waals surface area contributed by atoms with Crippen LogP contribution in [0.3, 0.4) is 0 Å². The molecule has 3 aromatic rings. The van der Waals surface area contributed by atoms with Crippen LogP contribution in [0.25, 0.3) is 11.0 Å². The molecule has 0 aliphatic heterocycles. The quantitative estimate of drug-likeness (QED) is 0.675. The predicted molar refractivity (Wildman–Crippen MR) is 86.0 cm³/mol. The van der Waals surface area contributed by atoms with Crippen molar-refractivity contribution in [1.82, 2.24) is 19.3 Å². The first-order valence-electron chi connectivity index (χ1n) is 6.84. The maximum atomic E-state index is 6.27. The van der Waals surface area contributed by atoms with E-state index in [0.29, 0.717) is 5.02 Å². The molecular formula is C15H16Cl2N4. The van der Waals surface area contributed by atoms with Gasteiger partial charge < -0.3 is 4.57 Å². The van der Waals surface area contributed by atoms with Crippen LogP contribution in [0.4, 0.5) is 0 Å². The van der Waals surface area contributed by atoms with Gasteiger partial charge in [-0.3, -0.25) is 4.68 Å². The van der Waals surface area contributed by atoms with Gasteiger partial charge in [-0.2, -0.15) is 5.10 Å². The van der Waals surface area contributed by atoms with Crippen LogP contribution in [-0.2, 0) is 13.1 Å². The fraction of sp³-hybridized carbons (Fsp3) is 0.333. The minimum atomic E-state index is -0.173. The second-order valence-electron chi connectivity index (χ2n) is 5.13. The van der Waals surface area contributed by atoms with Gasteiger partial charge in [0, 0.05) is 12.7 Å². The van der Waals surface area contributed by atoms with E-state index in [4.69, 9.17) is 23.2 Å². The van der Waals surface area contributed by atoms with Crippen LogP contribution < -0.4 is 0 Å². The Kier molecular flexibility index (Phi) is 3.91. The second kappa shape index (κ2) is 5.70. The highest BCUT2D eigenvalue weighted by atomic mass is 35.5. The number of benzene rings is 1. The molecule has 0 aliphatic carbocycles. The van der Waals surface area contributed by atoms with Crippen LogP contribution in [0.5, 0.6) is 0 Å². The van der Waals surface area contributed by atoms with Crippen LogP contribution in [0.2, 0.25) is 5.02 Å². The van der Waals surface area contributed by atoms with Crippen LogP contribution in [0, 0.1) is 6.92 Å². The molecule has 0 fully saturated rings. The number of halogens is 2. The highest BCUT2D eigenvalue weighted by molar-refractivity contribution is 6.35. The molecule has 0 radical (unpaired) electrons. The lowest BCUT2D eigenvalue weighted by Crippen LogP contribution is -2.11. The number of rotatable bonds is 4. The van der Waals surface area contributed by atoms with E-state index < -0.39 is 0 Å². The first-order chi connectivity index (χ1) is 10.1. The average Bonchev–Trinajstić information content (AvgIpc) is 3.01. The average molecular weight is 323 g/mol. The SMILES string of the molecule is Cc1cnn(CCn2c(C(C)Cl)nc3c(Cl)cccc32)c1. The van der Waals surface area contributed by atoms with Crippen LogP contribution >= 0.6 is 23.2 Å². The van der Waals surface area contributed by atoms with E-state index in [1.54, 1.807) is 0 Å². The van der Waals surface area contributed by atoms with Crippen molar-refractivity contribution >= 4 is 34.2 Å². The Morgan fingerprint density at radius 2 is 2.10 bits per heavy atom. The van der Waals surface area contributed by atoms with Gasteiger partial charge in [0.05, 0.1) is 28.7 Å². The Labute approximate surface area is 133 Å². The van der Waals surface area contributed by atoms with Crippen molar-refractivity contribution in [3.05, 3.63) is 47.0 Å². The van der Waals surface area contributed by atoms with E-state index in [1.165, 1.54) is 0 Å². The molecule has 2 aromatic heterocycles. The summed E-state index contributed by atoms with van der Waals surface area (Å²) >= 11 is 12.5. The maximum absolute atomic E-state index is 6.27. The molecule has 110 valence electrons. The number of imidazole rings is 1. The van der Waals surface area contributed by atoms with E-state index in [9.17, 15) is 0 Å². The van der Waals surface area contributed by atoms with Crippen LogP contribution in [0.15, 0.2) is 30.6 Å². The third-order valence-corrected chi connectivity index (χ3v) is 3.93. The molecule has 0 N–H and O–H groups in total. The number of alkyl halides is 1. The van der Waals surface area contributed by atoms with Gasteiger partial charge in [0.25, 0.3) is 0 Å². The number of aryl methyl sites for hydroxylation is 3. The highest BCUT2D eigenvalue weighted by Gasteiger charge is 2.16. The number of nitrogens with zero attached hydrogens (tertiary/aromatic N) is 4. The van der Waals surface area contributed by atoms with Crippen molar-refractivity contribution < 1.29 is 0 Å². The normalized spacial score (nSPS) is 13.0. The zero-order valence-corrected chi connectivity index (χ0v) is 13.4. The van der Waals surface area contributed by atoms with Crippen LogP contribution in [0.1, 0.15) is 23.7 Å². The first-order valence-corrected chi connectivity index (χ1v) is 7.65. The summed E-state index contributed by atoms with van der Waals surface area (Å²) in [6.07, 6.45) is 3.88. The number of fused-ring (bicyclic) bond motifs is 1. The minimum absolute atomic E-state index is 0.173. The van der Waals surface area contributed by atoms with E-state index in [2.05, 4.69) is 14.6 Å². The van der Waals surface area contributed by atoms with Crippen molar-refractivity contribution in [2.24, 2.45) is 0 Å². The van der Waals surface area contributed by atoms with Crippen molar-refractivity contribution in [2.75, 3.05) is 0 Å². The lowest BCUT2D eigenvalue weighted by molar-refractivity contribution is 0.528. The predicted octanol–water partition coefficient (Wildman–Crippen LogP) is 4.19. The van der Waals surface area contributed by atoms with Gasteiger partial charge in [0.1, 0.15) is 11.3 Å². The molecule has 4 nitrogen and oxygen atoms in total. The van der Waals surface area contributed by atoms with Gasteiger partial charge in [0.2, 0.25) is 0 Å². The summed E-state index contributed by atoms with van der Waals surface area (Å²) in [5.41, 5.74) is 2.96. The molecular weight excluding hydrogens is 307 g/mol. The number of hydrogen-bond donors (Lipinski definition) is 0. The zero-order chi connectivity index (χ0) is 15.0. The smallest absolute Gasteiger partial charge is 0.127 e. The Bertz CT molecular complexity index is 773. The molecule has 3 rings (SSSR count). The Morgan fingerprint density at radius 1 is 1.29 bits per heavy atom. The molecule has 1 atom stereocenters. The molecule has 0 spiro atoms. The summed E-state index contributed by atoms with van der Waals surface area (Å²) < 4.78 is 4.05. The fourth-order valence-corrected chi connectivity index (χ4v) is 2.84. The topological polar surface area (TPSA) is 35.6 Å². The monoisotopic (exact) mass is 322 g/mol. The molecule has 21 heavy (non-hydrogen) atoms. The summed E-state index contributed by atoms with van der Waals surface area (Å²) in [5.74, 6) is 0.837. The van der Waals surface area contributed by atoms with Crippen molar-refractivity contribution in [3.8, 4) is 0 Å². The zero-order valence-electron chi connectivity index (χ0n) is 11.9. The summed E-state index contributed by atoms with van der Waals surface area (Å²) in [6.45, 7) is 5.47. The van der Waals surface area contributed by atoms with Gasteiger partial charge >= 0.3 is 0 Å². The van der Waals surface area contributed by atoms with Crippen LogP contribution in [-0.4, -0.2) is 19.3 Å². The highest BCUT2D eigenvalue weighted by Crippen LogP contribution is 2.28. The van der Waals surface area contributed by atoms with Crippen molar-refractivity contribution in [2.45, 2.75) is 32.3 Å². The van der Waals surface area contributed by atoms with Gasteiger partial charge in [-0.1, -0.05) is 17.7 Å². The van der Waals surface area contributed by atoms with E-state index in [-0.39, 0.29) is 5.38 Å². The van der Waals surface area contributed by atoms with Gasteiger partial charge in [-0.25, -0.2) is 4.98 Å². The largest absolute Gasteiger partial charge is 0.325 e. The standard InChI is InChI=1S/C15H16Cl2N4/c1-10-8-18-20(9-10)6-7-21-13-5-3-4-12(17)14(13)19-15(21)11(2)16/h3-5,8-9,11H,6-7H2,1-2H3. The van der Waals surface area contributed by atoms with Gasteiger partial charge in [0.15, 0.2) is 0 Å². The third kappa shape index (κ3) is 2.78. The summed E-state index contributed by atoms with van der Waals surface area (Å²) in [7, 11) is 0. The summed E-state index contributed by atoms with van der Waals surface area (Å²) in [5, 5.41) is 4.79. The number of para-hydroxylation sites is 1. The lowest BCUT2D eigenvalue weighted by atomic mass is 10.3. The van der Waals surface area contributed by atoms with Crippen molar-refractivity contribution in [1.29, 1.82) is 0 Å². The molecule has 6 heteroatoms. The Hall–Kier alpha value is -1.52. The molecule has 1 aromatic carbocycles. The van der Waals surface area contributed by atoms with E-state index in [1.807, 2.05) is 49.1 Å². The molecule has 2 heterocycles. The first kappa shape index (κ1) is 14.4. The second-order valence-corrected chi connectivity index (χ2v) is 6.19. The van der Waals surface area contributed by atoms with Gasteiger partial charge in [-0.15, -0.1) is 11.6 Å². The summed E-state index contributed by atoms with van der Waals surface area (Å²) in [6, 6.07) is 5.80. The molecule has 0 amide bonds. The number of aromatic nitrogens is 4. The third-order valence-electron chi connectivity index (χ3n) is 3.43. The van der Waals surface area contributed by atoms with E-state index in [0.717, 1.165) is 35.5 Å². The molecule has 1 unspecified atom stereocenters. The minimum Gasteiger partial charge on any atom is -0.325 e. The Morgan fingerprint density at radius 3 is 2.76 bits per heavy atom. The summed E-state index contributed by atoms with van der Waals surface area (Å²) in [4.78, 5) is 4.60. The molecule has 0 saturated carbocycles. The molecule has 0 saturated heterocycles. The molecule has 0 bridgehead atoms. The van der Waals surface area contributed by atoms with Gasteiger partial charge in [-0.05, 0) is 31.5 Å². The Balaban J connectivity index is 1.99. The van der Waals surface area contributed by atoms with E-state index >= 15 is 0 Å². The number of hydrogen-bond acceptors (Lipinski definition) is 2. The van der Waals surface area contributed by atoms with Crippen molar-refractivity contribution in [3.63, 3.8) is 0 Å². The fourth-order valence-electron chi connectivity index (χ4n) is 2.46. The molecule has 0 aliphatic rings. The maximum Gasteiger partial charge on any atom is 0.127 e. The lowest BCUT2D eigenvalue weighted by Gasteiger charge is -2.10.